The summed E-state index contributed by atoms with van der Waals surface area (Å²) in [7, 11) is 1.63. The molecule has 29 heavy (non-hydrogen) atoms. The number of pyridine rings is 1. The van der Waals surface area contributed by atoms with Crippen molar-refractivity contribution in [2.24, 2.45) is 0 Å². The third kappa shape index (κ3) is 3.14. The minimum Gasteiger partial charge on any atom is -0.479 e. The Morgan fingerprint density at radius 1 is 1.07 bits per heavy atom. The van der Waals surface area contributed by atoms with E-state index in [9.17, 15) is 14.4 Å². The first kappa shape index (κ1) is 18.7. The highest BCUT2D eigenvalue weighted by atomic mass is 16.5. The summed E-state index contributed by atoms with van der Waals surface area (Å²) < 4.78 is 11.1. The zero-order valence-electron chi connectivity index (χ0n) is 16.2. The molecule has 0 spiro atoms. The van der Waals surface area contributed by atoms with E-state index in [1.54, 1.807) is 51.2 Å². The van der Waals surface area contributed by atoms with Gasteiger partial charge in [-0.25, -0.2) is 4.98 Å². The Labute approximate surface area is 167 Å². The maximum Gasteiger partial charge on any atom is 0.269 e. The van der Waals surface area contributed by atoms with Gasteiger partial charge in [0.15, 0.2) is 29.6 Å². The van der Waals surface area contributed by atoms with Crippen molar-refractivity contribution < 1.29 is 23.9 Å². The number of ketones is 1. The van der Waals surface area contributed by atoms with E-state index in [0.29, 0.717) is 22.7 Å². The highest BCUT2D eigenvalue weighted by molar-refractivity contribution is 6.09. The summed E-state index contributed by atoms with van der Waals surface area (Å²) in [5.74, 6) is 0.435. The van der Waals surface area contributed by atoms with Crippen LogP contribution >= 0.6 is 0 Å². The molecule has 1 aromatic carbocycles. The molecule has 1 aromatic heterocycles. The topological polar surface area (TPSA) is 115 Å². The summed E-state index contributed by atoms with van der Waals surface area (Å²) in [6.07, 6.45) is -1.34. The second-order valence-corrected chi connectivity index (χ2v) is 7.01. The van der Waals surface area contributed by atoms with E-state index < -0.39 is 12.2 Å². The molecular formula is C20H20N4O5. The van der Waals surface area contributed by atoms with Crippen LogP contribution < -0.4 is 25.0 Å². The molecule has 3 heterocycles. The van der Waals surface area contributed by atoms with E-state index in [0.717, 1.165) is 0 Å². The average molecular weight is 396 g/mol. The molecule has 0 radical (unpaired) electrons. The van der Waals surface area contributed by atoms with E-state index in [4.69, 9.17) is 15.2 Å². The van der Waals surface area contributed by atoms with Crippen LogP contribution in [0, 0.1) is 0 Å². The first-order valence-electron chi connectivity index (χ1n) is 9.12. The number of likely N-dealkylation sites (N-methyl/N-ethyl adjacent to an activating group) is 1. The maximum atomic E-state index is 13.0. The van der Waals surface area contributed by atoms with Gasteiger partial charge in [-0.1, -0.05) is 0 Å². The number of ether oxygens (including phenoxy) is 2. The molecule has 2 atom stereocenters. The molecule has 9 nitrogen and oxygen atoms in total. The van der Waals surface area contributed by atoms with E-state index in [1.165, 1.54) is 9.80 Å². The Balaban J connectivity index is 1.64. The van der Waals surface area contributed by atoms with E-state index >= 15 is 0 Å². The van der Waals surface area contributed by atoms with E-state index in [1.807, 2.05) is 0 Å². The Morgan fingerprint density at radius 3 is 2.48 bits per heavy atom. The van der Waals surface area contributed by atoms with Gasteiger partial charge in [0.25, 0.3) is 11.8 Å². The Hall–Kier alpha value is -3.62. The lowest BCUT2D eigenvalue weighted by Gasteiger charge is -2.32. The number of carbonyl (C=O) groups is 3. The van der Waals surface area contributed by atoms with Gasteiger partial charge in [0.2, 0.25) is 0 Å². The van der Waals surface area contributed by atoms with Crippen molar-refractivity contribution in [3.63, 3.8) is 0 Å². The Morgan fingerprint density at radius 2 is 1.72 bits per heavy atom. The van der Waals surface area contributed by atoms with Crippen LogP contribution in [0.25, 0.3) is 0 Å². The molecule has 2 unspecified atom stereocenters. The number of hydrogen-bond donors (Lipinski definition) is 1. The van der Waals surface area contributed by atoms with Gasteiger partial charge in [0.05, 0.1) is 12.2 Å². The molecular weight excluding hydrogens is 376 g/mol. The minimum atomic E-state index is -0.747. The van der Waals surface area contributed by atoms with E-state index in [-0.39, 0.29) is 35.8 Å². The smallest absolute Gasteiger partial charge is 0.269 e. The lowest BCUT2D eigenvalue weighted by Crippen LogP contribution is -2.47. The quantitative estimate of drug-likeness (QED) is 0.780. The van der Waals surface area contributed by atoms with Crippen LogP contribution in [0.1, 0.15) is 24.2 Å². The SMILES string of the molecule is CC1Oc2ccc(C(=O)CN3C(=O)C(C)Oc4ccc(N)nc43)cc2N(C)C1=O. The second kappa shape index (κ2) is 6.77. The number of hydrogen-bond acceptors (Lipinski definition) is 7. The predicted molar refractivity (Wildman–Crippen MR) is 105 cm³/mol. The molecule has 150 valence electrons. The predicted octanol–water partition coefficient (Wildman–Crippen LogP) is 1.40. The number of rotatable bonds is 3. The summed E-state index contributed by atoms with van der Waals surface area (Å²) in [6.45, 7) is 3.04. The average Bonchev–Trinajstić information content (AvgIpc) is 2.70. The number of aromatic nitrogens is 1. The third-order valence-corrected chi connectivity index (χ3v) is 4.96. The lowest BCUT2D eigenvalue weighted by atomic mass is 10.1. The largest absolute Gasteiger partial charge is 0.479 e. The molecule has 0 aliphatic carbocycles. The van der Waals surface area contributed by atoms with Crippen LogP contribution in [-0.4, -0.2) is 48.4 Å². The van der Waals surface area contributed by atoms with Crippen molar-refractivity contribution in [1.29, 1.82) is 0 Å². The fourth-order valence-electron chi connectivity index (χ4n) is 3.37. The molecule has 2 amide bonds. The molecule has 0 saturated carbocycles. The van der Waals surface area contributed by atoms with Gasteiger partial charge in [-0.15, -0.1) is 0 Å². The number of Topliss-reactive ketones (excluding diaryl/α,β-unsaturated/α-hetero) is 1. The molecule has 9 heteroatoms. The molecule has 0 fully saturated rings. The lowest BCUT2D eigenvalue weighted by molar-refractivity contribution is -0.126. The molecule has 2 aromatic rings. The van der Waals surface area contributed by atoms with Gasteiger partial charge >= 0.3 is 0 Å². The zero-order chi connectivity index (χ0) is 20.9. The highest BCUT2D eigenvalue weighted by Crippen LogP contribution is 2.35. The fraction of sp³-hybridized carbons (Fsp3) is 0.300. The number of nitrogen functional groups attached to an aromatic ring is 1. The first-order valence-corrected chi connectivity index (χ1v) is 9.12. The first-order chi connectivity index (χ1) is 13.8. The molecule has 0 bridgehead atoms. The normalized spacial score (nSPS) is 20.5. The van der Waals surface area contributed by atoms with Gasteiger partial charge in [-0.3, -0.25) is 19.3 Å². The molecule has 2 aliphatic rings. The molecule has 0 saturated heterocycles. The number of carbonyl (C=O) groups excluding carboxylic acids is 3. The van der Waals surface area contributed by atoms with Crippen molar-refractivity contribution in [2.75, 3.05) is 29.1 Å². The second-order valence-electron chi connectivity index (χ2n) is 7.01. The van der Waals surface area contributed by atoms with Crippen molar-refractivity contribution >= 4 is 34.9 Å². The number of nitrogens with two attached hydrogens (primary N) is 1. The van der Waals surface area contributed by atoms with Crippen LogP contribution in [0.3, 0.4) is 0 Å². The number of anilines is 3. The summed E-state index contributed by atoms with van der Waals surface area (Å²) in [5, 5.41) is 0. The van der Waals surface area contributed by atoms with E-state index in [2.05, 4.69) is 4.98 Å². The number of fused-ring (bicyclic) bond motifs is 2. The van der Waals surface area contributed by atoms with Crippen LogP contribution in [0.4, 0.5) is 17.3 Å². The van der Waals surface area contributed by atoms with Crippen molar-refractivity contribution in [2.45, 2.75) is 26.1 Å². The van der Waals surface area contributed by atoms with Crippen LogP contribution in [0.5, 0.6) is 11.5 Å². The van der Waals surface area contributed by atoms with Crippen molar-refractivity contribution in [1.82, 2.24) is 4.98 Å². The van der Waals surface area contributed by atoms with Gasteiger partial charge in [0, 0.05) is 12.6 Å². The molecule has 4 rings (SSSR count). The molecule has 2 N–H and O–H groups in total. The number of benzene rings is 1. The minimum absolute atomic E-state index is 0.201. The summed E-state index contributed by atoms with van der Waals surface area (Å²) in [4.78, 5) is 44.6. The van der Waals surface area contributed by atoms with Gasteiger partial charge in [0.1, 0.15) is 11.6 Å². The van der Waals surface area contributed by atoms with Crippen molar-refractivity contribution in [3.05, 3.63) is 35.9 Å². The summed E-state index contributed by atoms with van der Waals surface area (Å²) >= 11 is 0. The van der Waals surface area contributed by atoms with Crippen molar-refractivity contribution in [3.8, 4) is 11.5 Å². The third-order valence-electron chi connectivity index (χ3n) is 4.96. The van der Waals surface area contributed by atoms with Crippen LogP contribution in [-0.2, 0) is 9.59 Å². The summed E-state index contributed by atoms with van der Waals surface area (Å²) in [6, 6.07) is 8.04. The van der Waals surface area contributed by atoms with Gasteiger partial charge in [-0.2, -0.15) is 0 Å². The number of nitrogens with zero attached hydrogens (tertiary/aromatic N) is 3. The Bertz CT molecular complexity index is 1040. The fourth-order valence-corrected chi connectivity index (χ4v) is 3.37. The highest BCUT2D eigenvalue weighted by Gasteiger charge is 2.35. The number of amides is 2. The summed E-state index contributed by atoms with van der Waals surface area (Å²) in [5.41, 5.74) is 6.59. The monoisotopic (exact) mass is 396 g/mol. The van der Waals surface area contributed by atoms with Gasteiger partial charge in [-0.05, 0) is 44.2 Å². The van der Waals surface area contributed by atoms with Crippen LogP contribution in [0.2, 0.25) is 0 Å². The zero-order valence-corrected chi connectivity index (χ0v) is 16.2. The standard InChI is InChI=1S/C20H20N4O5/c1-10-19(26)23(3)13-8-12(4-5-15(13)28-10)14(25)9-24-18-16(6-7-17(21)22-18)29-11(2)20(24)27/h4-8,10-11H,9H2,1-3H3,(H2,21,22). The molecule has 2 aliphatic heterocycles. The Kier molecular flexibility index (Phi) is 4.37. The maximum absolute atomic E-state index is 13.0. The van der Waals surface area contributed by atoms with Gasteiger partial charge < -0.3 is 20.1 Å². The van der Waals surface area contributed by atoms with Crippen LogP contribution in [0.15, 0.2) is 30.3 Å².